The number of carbonyl (C=O) groups excluding carboxylic acids is 2. The molecule has 16 heavy (non-hydrogen) atoms. The van der Waals surface area contributed by atoms with E-state index in [0.717, 1.165) is 0 Å². The summed E-state index contributed by atoms with van der Waals surface area (Å²) >= 11 is 0. The second-order valence-corrected chi connectivity index (χ2v) is 4.33. The van der Waals surface area contributed by atoms with E-state index >= 15 is 0 Å². The van der Waals surface area contributed by atoms with E-state index in [4.69, 9.17) is 0 Å². The van der Waals surface area contributed by atoms with Gasteiger partial charge in [-0.1, -0.05) is 5.16 Å². The Balaban J connectivity index is 2.14. The molecule has 1 N–H and O–H groups in total. The third kappa shape index (κ3) is 1.91. The summed E-state index contributed by atoms with van der Waals surface area (Å²) in [6.07, 6.45) is 1.44. The Morgan fingerprint density at radius 2 is 2.31 bits per heavy atom. The summed E-state index contributed by atoms with van der Waals surface area (Å²) in [4.78, 5) is 24.9. The predicted octanol–water partition coefficient (Wildman–Crippen LogP) is -0.0884. The standard InChI is InChI=1S/C10H13N3O3/c1-10(2)9(15)13(6-8(14)11-10)5-7-3-4-16-12-7/h3-4H,5-6H2,1-2H3,(H,11,14). The van der Waals surface area contributed by atoms with Crippen LogP contribution in [0.25, 0.3) is 0 Å². The SMILES string of the molecule is CC1(C)NC(=O)CN(Cc2ccon2)C1=O. The molecule has 0 radical (unpaired) electrons. The Labute approximate surface area is 92.6 Å². The molecule has 1 aliphatic heterocycles. The van der Waals surface area contributed by atoms with E-state index in [1.165, 1.54) is 11.2 Å². The molecule has 0 bridgehead atoms. The highest BCUT2D eigenvalue weighted by Crippen LogP contribution is 2.15. The molecule has 6 nitrogen and oxygen atoms in total. The summed E-state index contributed by atoms with van der Waals surface area (Å²) in [7, 11) is 0. The third-order valence-corrected chi connectivity index (χ3v) is 2.45. The van der Waals surface area contributed by atoms with Gasteiger partial charge >= 0.3 is 0 Å². The first-order valence-corrected chi connectivity index (χ1v) is 4.99. The minimum atomic E-state index is -0.848. The fourth-order valence-electron chi connectivity index (χ4n) is 1.72. The Morgan fingerprint density at radius 1 is 1.56 bits per heavy atom. The molecule has 2 heterocycles. The summed E-state index contributed by atoms with van der Waals surface area (Å²) in [5, 5.41) is 6.36. The second-order valence-electron chi connectivity index (χ2n) is 4.33. The molecule has 6 heteroatoms. The fraction of sp³-hybridized carbons (Fsp3) is 0.500. The van der Waals surface area contributed by atoms with Crippen LogP contribution in [0.2, 0.25) is 0 Å². The van der Waals surface area contributed by atoms with E-state index in [0.29, 0.717) is 12.2 Å². The van der Waals surface area contributed by atoms with Crippen molar-refractivity contribution in [1.29, 1.82) is 0 Å². The highest BCUT2D eigenvalue weighted by atomic mass is 16.5. The van der Waals surface area contributed by atoms with Crippen LogP contribution < -0.4 is 5.32 Å². The maximum Gasteiger partial charge on any atom is 0.248 e. The van der Waals surface area contributed by atoms with Crippen LogP contribution in [-0.4, -0.2) is 34.0 Å². The quantitative estimate of drug-likeness (QED) is 0.760. The Bertz CT molecular complexity index is 411. The van der Waals surface area contributed by atoms with E-state index in [1.54, 1.807) is 19.9 Å². The molecule has 1 aromatic rings. The molecule has 1 aromatic heterocycles. The van der Waals surface area contributed by atoms with Crippen molar-refractivity contribution in [3.63, 3.8) is 0 Å². The smallest absolute Gasteiger partial charge is 0.248 e. The average Bonchev–Trinajstić information content (AvgIpc) is 2.65. The molecule has 1 fully saturated rings. The van der Waals surface area contributed by atoms with E-state index < -0.39 is 5.54 Å². The summed E-state index contributed by atoms with van der Waals surface area (Å²) in [6, 6.07) is 1.67. The largest absolute Gasteiger partial charge is 0.364 e. The van der Waals surface area contributed by atoms with Gasteiger partial charge in [-0.05, 0) is 13.8 Å². The first kappa shape index (κ1) is 10.7. The average molecular weight is 223 g/mol. The molecule has 2 rings (SSSR count). The molecule has 0 unspecified atom stereocenters. The molecule has 1 aliphatic rings. The lowest BCUT2D eigenvalue weighted by Crippen LogP contribution is -2.63. The monoisotopic (exact) mass is 223 g/mol. The van der Waals surface area contributed by atoms with Crippen LogP contribution in [0.1, 0.15) is 19.5 Å². The molecule has 86 valence electrons. The Morgan fingerprint density at radius 3 is 2.94 bits per heavy atom. The van der Waals surface area contributed by atoms with Gasteiger partial charge in [0, 0.05) is 6.07 Å². The number of hydrogen-bond donors (Lipinski definition) is 1. The fourth-order valence-corrected chi connectivity index (χ4v) is 1.72. The molecule has 0 aromatic carbocycles. The van der Waals surface area contributed by atoms with Crippen LogP contribution in [0, 0.1) is 0 Å². The van der Waals surface area contributed by atoms with Crippen molar-refractivity contribution >= 4 is 11.8 Å². The number of aromatic nitrogens is 1. The molecule has 0 spiro atoms. The zero-order chi connectivity index (χ0) is 11.8. The van der Waals surface area contributed by atoms with E-state index in [-0.39, 0.29) is 18.4 Å². The van der Waals surface area contributed by atoms with E-state index in [2.05, 4.69) is 15.0 Å². The minimum absolute atomic E-state index is 0.0646. The number of amides is 2. The van der Waals surface area contributed by atoms with Crippen molar-refractivity contribution in [2.75, 3.05) is 6.54 Å². The molecular formula is C10H13N3O3. The Kier molecular flexibility index (Phi) is 2.41. The van der Waals surface area contributed by atoms with E-state index in [9.17, 15) is 9.59 Å². The lowest BCUT2D eigenvalue weighted by molar-refractivity contribution is -0.149. The number of piperazine rings is 1. The van der Waals surface area contributed by atoms with Crippen molar-refractivity contribution < 1.29 is 14.1 Å². The van der Waals surface area contributed by atoms with Crippen molar-refractivity contribution in [3.8, 4) is 0 Å². The summed E-state index contributed by atoms with van der Waals surface area (Å²) in [5.74, 6) is -0.275. The predicted molar refractivity (Wildman–Crippen MR) is 54.1 cm³/mol. The topological polar surface area (TPSA) is 75.4 Å². The molecule has 0 saturated carbocycles. The van der Waals surface area contributed by atoms with Crippen LogP contribution >= 0.6 is 0 Å². The van der Waals surface area contributed by atoms with Crippen LogP contribution in [0.15, 0.2) is 16.9 Å². The minimum Gasteiger partial charge on any atom is -0.364 e. The summed E-state index contributed by atoms with van der Waals surface area (Å²) < 4.78 is 4.68. The number of rotatable bonds is 2. The highest BCUT2D eigenvalue weighted by Gasteiger charge is 2.39. The molecule has 1 saturated heterocycles. The maximum absolute atomic E-state index is 12.0. The van der Waals surface area contributed by atoms with Crippen LogP contribution in [0.5, 0.6) is 0 Å². The number of nitrogens with zero attached hydrogens (tertiary/aromatic N) is 2. The second kappa shape index (κ2) is 3.62. The van der Waals surface area contributed by atoms with Crippen molar-refractivity contribution in [1.82, 2.24) is 15.4 Å². The first-order valence-electron chi connectivity index (χ1n) is 4.99. The van der Waals surface area contributed by atoms with Crippen LogP contribution in [0.3, 0.4) is 0 Å². The molecular weight excluding hydrogens is 210 g/mol. The Hall–Kier alpha value is -1.85. The van der Waals surface area contributed by atoms with E-state index in [1.807, 2.05) is 0 Å². The van der Waals surface area contributed by atoms with Gasteiger partial charge in [0.05, 0.1) is 6.54 Å². The molecule has 2 amide bonds. The van der Waals surface area contributed by atoms with Gasteiger partial charge in [0.1, 0.15) is 24.0 Å². The first-order chi connectivity index (χ1) is 7.49. The van der Waals surface area contributed by atoms with Gasteiger partial charge < -0.3 is 14.7 Å². The van der Waals surface area contributed by atoms with Crippen LogP contribution in [-0.2, 0) is 16.1 Å². The maximum atomic E-state index is 12.0. The normalized spacial score (nSPS) is 19.8. The van der Waals surface area contributed by atoms with Crippen molar-refractivity contribution in [3.05, 3.63) is 18.0 Å². The van der Waals surface area contributed by atoms with Crippen molar-refractivity contribution in [2.45, 2.75) is 25.9 Å². The summed E-state index contributed by atoms with van der Waals surface area (Å²) in [5.41, 5.74) is -0.210. The van der Waals surface area contributed by atoms with Gasteiger partial charge in [-0.3, -0.25) is 9.59 Å². The summed E-state index contributed by atoms with van der Waals surface area (Å²) in [6.45, 7) is 3.73. The molecule has 0 aliphatic carbocycles. The lowest BCUT2D eigenvalue weighted by Gasteiger charge is -2.36. The van der Waals surface area contributed by atoms with Crippen molar-refractivity contribution in [2.24, 2.45) is 0 Å². The zero-order valence-electron chi connectivity index (χ0n) is 9.19. The third-order valence-electron chi connectivity index (χ3n) is 2.45. The number of carbonyl (C=O) groups is 2. The van der Waals surface area contributed by atoms with Gasteiger partial charge in [-0.15, -0.1) is 0 Å². The van der Waals surface area contributed by atoms with Gasteiger partial charge in [-0.2, -0.15) is 0 Å². The van der Waals surface area contributed by atoms with Gasteiger partial charge in [-0.25, -0.2) is 0 Å². The highest BCUT2D eigenvalue weighted by molar-refractivity contribution is 5.97. The molecule has 0 atom stereocenters. The lowest BCUT2D eigenvalue weighted by atomic mass is 10.0. The van der Waals surface area contributed by atoms with Gasteiger partial charge in [0.25, 0.3) is 0 Å². The van der Waals surface area contributed by atoms with Gasteiger partial charge in [0.2, 0.25) is 11.8 Å². The van der Waals surface area contributed by atoms with Gasteiger partial charge in [0.15, 0.2) is 0 Å². The number of nitrogens with one attached hydrogen (secondary N) is 1. The zero-order valence-corrected chi connectivity index (χ0v) is 9.19. The number of hydrogen-bond acceptors (Lipinski definition) is 4. The van der Waals surface area contributed by atoms with Crippen LogP contribution in [0.4, 0.5) is 0 Å².